The maximum atomic E-state index is 12.8. The van der Waals surface area contributed by atoms with Crippen molar-refractivity contribution in [2.75, 3.05) is 7.05 Å². The van der Waals surface area contributed by atoms with E-state index in [0.717, 1.165) is 12.0 Å². The average molecular weight is 299 g/mol. The van der Waals surface area contributed by atoms with Crippen molar-refractivity contribution in [3.63, 3.8) is 0 Å². The fourth-order valence-corrected chi connectivity index (χ4v) is 3.06. The molecule has 118 valence electrons. The number of allylic oxidation sites excluding steroid dienone is 1. The van der Waals surface area contributed by atoms with Crippen molar-refractivity contribution in [2.45, 2.75) is 43.9 Å². The minimum Gasteiger partial charge on any atom is -0.355 e. The standard InChI is InChI=1S/C19H25NO2/c1-5-7-14-19(13-6-2)18(21)20(4)15(3)17(22-19)16-11-9-8-10-12-16/h5-6,8-12,15,17H,1-2,7,13-14H2,3-4H3/t15-,17-,19-/m0/s1. The molecule has 1 aromatic rings. The lowest BCUT2D eigenvalue weighted by atomic mass is 9.86. The highest BCUT2D eigenvalue weighted by Crippen LogP contribution is 2.40. The predicted octanol–water partition coefficient (Wildman–Crippen LogP) is 3.89. The molecule has 1 aromatic carbocycles. The molecule has 3 nitrogen and oxygen atoms in total. The molecule has 22 heavy (non-hydrogen) atoms. The van der Waals surface area contributed by atoms with Crippen molar-refractivity contribution in [3.05, 3.63) is 61.2 Å². The molecule has 0 aliphatic carbocycles. The minimum absolute atomic E-state index is 0.00317. The number of carbonyl (C=O) groups is 1. The largest absolute Gasteiger partial charge is 0.355 e. The molecule has 0 unspecified atom stereocenters. The Hall–Kier alpha value is -1.87. The molecule has 1 amide bonds. The van der Waals surface area contributed by atoms with Crippen molar-refractivity contribution in [2.24, 2.45) is 0 Å². The molecule has 0 saturated carbocycles. The van der Waals surface area contributed by atoms with Gasteiger partial charge in [0.15, 0.2) is 5.60 Å². The molecule has 1 heterocycles. The Morgan fingerprint density at radius 1 is 1.27 bits per heavy atom. The Labute approximate surface area is 133 Å². The van der Waals surface area contributed by atoms with Crippen molar-refractivity contribution in [3.8, 4) is 0 Å². The van der Waals surface area contributed by atoms with E-state index >= 15 is 0 Å². The van der Waals surface area contributed by atoms with Gasteiger partial charge in [-0.25, -0.2) is 0 Å². The zero-order valence-corrected chi connectivity index (χ0v) is 13.5. The van der Waals surface area contributed by atoms with Gasteiger partial charge in [-0.05, 0) is 25.3 Å². The van der Waals surface area contributed by atoms with Gasteiger partial charge in [-0.3, -0.25) is 4.79 Å². The van der Waals surface area contributed by atoms with E-state index in [2.05, 4.69) is 25.3 Å². The van der Waals surface area contributed by atoms with Crippen LogP contribution in [0.4, 0.5) is 0 Å². The quantitative estimate of drug-likeness (QED) is 0.746. The molecule has 0 N–H and O–H groups in total. The van der Waals surface area contributed by atoms with Crippen LogP contribution in [0.2, 0.25) is 0 Å². The Balaban J connectivity index is 2.38. The van der Waals surface area contributed by atoms with Crippen molar-refractivity contribution in [1.82, 2.24) is 4.90 Å². The molecule has 0 radical (unpaired) electrons. The van der Waals surface area contributed by atoms with Crippen LogP contribution in [-0.4, -0.2) is 29.5 Å². The monoisotopic (exact) mass is 299 g/mol. The van der Waals surface area contributed by atoms with Crippen LogP contribution in [0, 0.1) is 0 Å². The Bertz CT molecular complexity index is 540. The molecule has 2 rings (SSSR count). The minimum atomic E-state index is -0.836. The second-order valence-corrected chi connectivity index (χ2v) is 5.92. The smallest absolute Gasteiger partial charge is 0.255 e. The van der Waals surface area contributed by atoms with Gasteiger partial charge < -0.3 is 9.64 Å². The van der Waals surface area contributed by atoms with E-state index in [1.807, 2.05) is 43.1 Å². The van der Waals surface area contributed by atoms with E-state index in [4.69, 9.17) is 4.74 Å². The van der Waals surface area contributed by atoms with Crippen molar-refractivity contribution < 1.29 is 9.53 Å². The van der Waals surface area contributed by atoms with E-state index in [1.54, 1.807) is 6.08 Å². The average Bonchev–Trinajstić information content (AvgIpc) is 2.55. The first-order chi connectivity index (χ1) is 10.6. The number of hydrogen-bond acceptors (Lipinski definition) is 2. The highest BCUT2D eigenvalue weighted by Gasteiger charge is 2.49. The summed E-state index contributed by atoms with van der Waals surface area (Å²) in [7, 11) is 1.86. The van der Waals surface area contributed by atoms with Gasteiger partial charge in [0.1, 0.15) is 6.10 Å². The molecule has 0 spiro atoms. The fraction of sp³-hybridized carbons (Fsp3) is 0.421. The third kappa shape index (κ3) is 3.00. The zero-order valence-electron chi connectivity index (χ0n) is 13.5. The van der Waals surface area contributed by atoms with Gasteiger partial charge >= 0.3 is 0 Å². The van der Waals surface area contributed by atoms with Crippen LogP contribution in [0.3, 0.4) is 0 Å². The lowest BCUT2D eigenvalue weighted by molar-refractivity contribution is -0.196. The predicted molar refractivity (Wildman–Crippen MR) is 89.5 cm³/mol. The maximum Gasteiger partial charge on any atom is 0.255 e. The van der Waals surface area contributed by atoms with Gasteiger partial charge in [0.05, 0.1) is 6.04 Å². The number of rotatable bonds is 6. The summed E-state index contributed by atoms with van der Waals surface area (Å²) < 4.78 is 6.39. The molecule has 1 saturated heterocycles. The molecular formula is C19H25NO2. The summed E-state index contributed by atoms with van der Waals surface area (Å²) in [5, 5.41) is 0. The molecule has 3 atom stereocenters. The van der Waals surface area contributed by atoms with E-state index < -0.39 is 5.60 Å². The SMILES string of the molecule is C=CCC[C@]1(CC=C)O[C@H](c2ccccc2)[C@H](C)N(C)C1=O. The van der Waals surface area contributed by atoms with Crippen LogP contribution >= 0.6 is 0 Å². The van der Waals surface area contributed by atoms with E-state index in [-0.39, 0.29) is 18.1 Å². The summed E-state index contributed by atoms with van der Waals surface area (Å²) in [4.78, 5) is 14.7. The number of amides is 1. The van der Waals surface area contributed by atoms with Gasteiger partial charge in [0.25, 0.3) is 5.91 Å². The Kier molecular flexibility index (Phi) is 5.19. The van der Waals surface area contributed by atoms with Gasteiger partial charge in [-0.15, -0.1) is 13.2 Å². The molecule has 1 fully saturated rings. The second-order valence-electron chi connectivity index (χ2n) is 5.92. The lowest BCUT2D eigenvalue weighted by Crippen LogP contribution is -2.59. The topological polar surface area (TPSA) is 29.5 Å². The summed E-state index contributed by atoms with van der Waals surface area (Å²) in [6.07, 6.45) is 5.35. The number of morpholine rings is 1. The van der Waals surface area contributed by atoms with Crippen LogP contribution in [0.25, 0.3) is 0 Å². The number of hydrogen-bond donors (Lipinski definition) is 0. The van der Waals surface area contributed by atoms with Crippen LogP contribution in [0.15, 0.2) is 55.6 Å². The number of benzene rings is 1. The first kappa shape index (κ1) is 16.5. The lowest BCUT2D eigenvalue weighted by Gasteiger charge is -2.48. The zero-order chi connectivity index (χ0) is 16.2. The summed E-state index contributed by atoms with van der Waals surface area (Å²) in [5.41, 5.74) is 0.263. The summed E-state index contributed by atoms with van der Waals surface area (Å²) >= 11 is 0. The third-order valence-electron chi connectivity index (χ3n) is 4.47. The van der Waals surface area contributed by atoms with Crippen molar-refractivity contribution in [1.29, 1.82) is 0 Å². The number of carbonyl (C=O) groups excluding carboxylic acids is 1. The molecule has 1 aliphatic heterocycles. The molecule has 1 aliphatic rings. The highest BCUT2D eigenvalue weighted by atomic mass is 16.5. The van der Waals surface area contributed by atoms with E-state index in [0.29, 0.717) is 12.8 Å². The van der Waals surface area contributed by atoms with Crippen LogP contribution in [0.1, 0.15) is 37.9 Å². The maximum absolute atomic E-state index is 12.8. The van der Waals surface area contributed by atoms with Gasteiger partial charge in [-0.1, -0.05) is 42.5 Å². The first-order valence-electron chi connectivity index (χ1n) is 7.77. The van der Waals surface area contributed by atoms with E-state index in [9.17, 15) is 4.79 Å². The van der Waals surface area contributed by atoms with Gasteiger partial charge in [-0.2, -0.15) is 0 Å². The molecule has 3 heteroatoms. The summed E-state index contributed by atoms with van der Waals surface area (Å²) in [6.45, 7) is 9.60. The second kappa shape index (κ2) is 6.93. The van der Waals surface area contributed by atoms with E-state index in [1.165, 1.54) is 0 Å². The third-order valence-corrected chi connectivity index (χ3v) is 4.47. The number of nitrogens with zero attached hydrogens (tertiary/aromatic N) is 1. The van der Waals surface area contributed by atoms with Gasteiger partial charge in [0, 0.05) is 13.5 Å². The first-order valence-corrected chi connectivity index (χ1v) is 7.77. The molecule has 0 aromatic heterocycles. The normalized spacial score (nSPS) is 28.5. The summed E-state index contributed by atoms with van der Waals surface area (Å²) in [6, 6.07) is 10.1. The van der Waals surface area contributed by atoms with Crippen LogP contribution in [0.5, 0.6) is 0 Å². The molecule has 0 bridgehead atoms. The summed E-state index contributed by atoms with van der Waals surface area (Å²) in [5.74, 6) is 0.0360. The Morgan fingerprint density at radius 3 is 2.55 bits per heavy atom. The number of ether oxygens (including phenoxy) is 1. The Morgan fingerprint density at radius 2 is 1.95 bits per heavy atom. The highest BCUT2D eigenvalue weighted by molar-refractivity contribution is 5.86. The van der Waals surface area contributed by atoms with Crippen LogP contribution in [-0.2, 0) is 9.53 Å². The number of likely N-dealkylation sites (N-methyl/N-ethyl adjacent to an activating group) is 1. The molecular weight excluding hydrogens is 274 g/mol. The van der Waals surface area contributed by atoms with Gasteiger partial charge in [0.2, 0.25) is 0 Å². The van der Waals surface area contributed by atoms with Crippen molar-refractivity contribution >= 4 is 5.91 Å². The fourth-order valence-electron chi connectivity index (χ4n) is 3.06. The van der Waals surface area contributed by atoms with Crippen LogP contribution < -0.4 is 0 Å².